The molecular weight excluding hydrogens is 322 g/mol. The molecule has 0 spiro atoms. The number of rotatable bonds is 3. The predicted octanol–water partition coefficient (Wildman–Crippen LogP) is 2.40. The topological polar surface area (TPSA) is 53.5 Å². The lowest BCUT2D eigenvalue weighted by molar-refractivity contribution is -0.134. The second-order valence-electron chi connectivity index (χ2n) is 6.23. The minimum absolute atomic E-state index is 0.0292. The fourth-order valence-electron chi connectivity index (χ4n) is 3.46. The lowest BCUT2D eigenvalue weighted by Gasteiger charge is -2.27. The smallest absolute Gasteiger partial charge is 0.227 e. The van der Waals surface area contributed by atoms with E-state index in [-0.39, 0.29) is 24.7 Å². The first-order valence-corrected chi connectivity index (χ1v) is 9.16. The molecule has 2 aliphatic heterocycles. The summed E-state index contributed by atoms with van der Waals surface area (Å²) in [5, 5.41) is 2.09. The van der Waals surface area contributed by atoms with Crippen LogP contribution in [0, 0.1) is 0 Å². The molecule has 5 nitrogen and oxygen atoms in total. The van der Waals surface area contributed by atoms with Gasteiger partial charge in [0.05, 0.1) is 0 Å². The van der Waals surface area contributed by atoms with Gasteiger partial charge >= 0.3 is 0 Å². The summed E-state index contributed by atoms with van der Waals surface area (Å²) in [6.45, 7) is 2.14. The van der Waals surface area contributed by atoms with E-state index in [2.05, 4.69) is 16.4 Å². The van der Waals surface area contributed by atoms with Gasteiger partial charge in [-0.25, -0.2) is 0 Å². The zero-order valence-corrected chi connectivity index (χ0v) is 14.2. The number of anilines is 1. The van der Waals surface area contributed by atoms with Crippen molar-refractivity contribution in [2.45, 2.75) is 32.2 Å². The third kappa shape index (κ3) is 2.82. The van der Waals surface area contributed by atoms with Crippen molar-refractivity contribution in [1.82, 2.24) is 9.88 Å². The Balaban J connectivity index is 1.34. The predicted molar refractivity (Wildman–Crippen MR) is 93.0 cm³/mol. The maximum Gasteiger partial charge on any atom is 0.227 e. The van der Waals surface area contributed by atoms with E-state index >= 15 is 0 Å². The molecule has 124 valence electrons. The van der Waals surface area contributed by atoms with Crippen LogP contribution in [0.5, 0.6) is 0 Å². The SMILES string of the molecule is O=C(CCC(=O)N1CCc2cnccc21)N1CCc2sccc2C1. The number of amides is 2. The zero-order chi connectivity index (χ0) is 16.5. The van der Waals surface area contributed by atoms with Crippen molar-refractivity contribution in [3.63, 3.8) is 0 Å². The third-order valence-corrected chi connectivity index (χ3v) is 5.81. The molecule has 24 heavy (non-hydrogen) atoms. The van der Waals surface area contributed by atoms with E-state index < -0.39 is 0 Å². The highest BCUT2D eigenvalue weighted by Gasteiger charge is 2.26. The average Bonchev–Trinajstić information content (AvgIpc) is 3.25. The van der Waals surface area contributed by atoms with Crippen LogP contribution >= 0.6 is 11.3 Å². The Morgan fingerprint density at radius 2 is 1.96 bits per heavy atom. The van der Waals surface area contributed by atoms with Gasteiger partial charge in [0.1, 0.15) is 0 Å². The Morgan fingerprint density at radius 3 is 2.88 bits per heavy atom. The molecule has 0 N–H and O–H groups in total. The quantitative estimate of drug-likeness (QED) is 0.861. The molecule has 0 atom stereocenters. The largest absolute Gasteiger partial charge is 0.338 e. The highest BCUT2D eigenvalue weighted by atomic mass is 32.1. The minimum atomic E-state index is 0.0292. The summed E-state index contributed by atoms with van der Waals surface area (Å²) in [6, 6.07) is 3.98. The first kappa shape index (κ1) is 15.3. The van der Waals surface area contributed by atoms with Crippen LogP contribution in [-0.2, 0) is 29.0 Å². The molecule has 2 aromatic rings. The van der Waals surface area contributed by atoms with Crippen LogP contribution in [0.25, 0.3) is 0 Å². The van der Waals surface area contributed by atoms with Crippen LogP contribution in [0.3, 0.4) is 0 Å². The molecule has 2 aromatic heterocycles. The monoisotopic (exact) mass is 341 g/mol. The molecule has 0 saturated heterocycles. The fraction of sp³-hybridized carbons (Fsp3) is 0.389. The van der Waals surface area contributed by atoms with E-state index in [4.69, 9.17) is 0 Å². The summed E-state index contributed by atoms with van der Waals surface area (Å²) in [5.74, 6) is 0.107. The lowest BCUT2D eigenvalue weighted by atomic mass is 10.1. The first-order chi connectivity index (χ1) is 11.7. The molecule has 0 aromatic carbocycles. The van der Waals surface area contributed by atoms with Crippen LogP contribution in [0.1, 0.15) is 28.8 Å². The number of hydrogen-bond donors (Lipinski definition) is 0. The van der Waals surface area contributed by atoms with Crippen molar-refractivity contribution >= 4 is 28.8 Å². The average molecular weight is 341 g/mol. The van der Waals surface area contributed by atoms with Gasteiger partial charge in [0.2, 0.25) is 11.8 Å². The number of carbonyl (C=O) groups is 2. The molecule has 2 aliphatic rings. The van der Waals surface area contributed by atoms with Gasteiger partial charge in [-0.3, -0.25) is 14.6 Å². The number of aromatic nitrogens is 1. The van der Waals surface area contributed by atoms with Crippen LogP contribution in [0.4, 0.5) is 5.69 Å². The first-order valence-electron chi connectivity index (χ1n) is 8.28. The van der Waals surface area contributed by atoms with Crippen LogP contribution in [-0.4, -0.2) is 34.8 Å². The second-order valence-corrected chi connectivity index (χ2v) is 7.23. The Morgan fingerprint density at radius 1 is 1.08 bits per heavy atom. The molecule has 0 fully saturated rings. The molecule has 2 amide bonds. The number of pyridine rings is 1. The van der Waals surface area contributed by atoms with Gasteiger partial charge in [-0.1, -0.05) is 0 Å². The van der Waals surface area contributed by atoms with Crippen molar-refractivity contribution in [2.75, 3.05) is 18.0 Å². The summed E-state index contributed by atoms with van der Waals surface area (Å²) in [5.41, 5.74) is 3.31. The zero-order valence-electron chi connectivity index (χ0n) is 13.4. The van der Waals surface area contributed by atoms with E-state index in [1.165, 1.54) is 10.4 Å². The third-order valence-electron chi connectivity index (χ3n) is 4.79. The maximum absolute atomic E-state index is 12.5. The second kappa shape index (κ2) is 6.36. The normalized spacial score (nSPS) is 16.0. The van der Waals surface area contributed by atoms with Crippen molar-refractivity contribution in [3.8, 4) is 0 Å². The number of hydrogen-bond acceptors (Lipinski definition) is 4. The summed E-state index contributed by atoms with van der Waals surface area (Å²) in [7, 11) is 0. The minimum Gasteiger partial charge on any atom is -0.338 e. The van der Waals surface area contributed by atoms with Crippen LogP contribution in [0.15, 0.2) is 29.9 Å². The standard InChI is InChI=1S/C18H19N3O2S/c22-17(20-8-5-16-14(12-20)6-10-24-16)1-2-18(23)21-9-4-13-11-19-7-3-15(13)21/h3,6-7,10-11H,1-2,4-5,8-9,12H2. The Hall–Kier alpha value is -2.21. The fourth-order valence-corrected chi connectivity index (χ4v) is 4.35. The molecule has 6 heteroatoms. The number of carbonyl (C=O) groups excluding carboxylic acids is 2. The van der Waals surface area contributed by atoms with Crippen molar-refractivity contribution in [2.24, 2.45) is 0 Å². The highest BCUT2D eigenvalue weighted by molar-refractivity contribution is 7.10. The van der Waals surface area contributed by atoms with Gasteiger partial charge in [-0.15, -0.1) is 11.3 Å². The van der Waals surface area contributed by atoms with Crippen LogP contribution < -0.4 is 4.90 Å². The molecule has 0 saturated carbocycles. The maximum atomic E-state index is 12.5. The van der Waals surface area contributed by atoms with Crippen LogP contribution in [0.2, 0.25) is 0 Å². The van der Waals surface area contributed by atoms with Crippen molar-refractivity contribution in [3.05, 3.63) is 45.9 Å². The van der Waals surface area contributed by atoms with Gasteiger partial charge in [0.25, 0.3) is 0 Å². The summed E-state index contributed by atoms with van der Waals surface area (Å²) in [6.07, 6.45) is 5.86. The van der Waals surface area contributed by atoms with Gasteiger partial charge in [-0.05, 0) is 41.5 Å². The lowest BCUT2D eigenvalue weighted by Crippen LogP contribution is -2.36. The van der Waals surface area contributed by atoms with Crippen molar-refractivity contribution in [1.29, 1.82) is 0 Å². The Bertz CT molecular complexity index is 786. The summed E-state index contributed by atoms with van der Waals surface area (Å²) < 4.78 is 0. The number of thiophene rings is 1. The van der Waals surface area contributed by atoms with E-state index in [1.54, 1.807) is 22.4 Å². The molecular formula is C18H19N3O2S. The number of fused-ring (bicyclic) bond motifs is 2. The summed E-state index contributed by atoms with van der Waals surface area (Å²) >= 11 is 1.76. The Kier molecular flexibility index (Phi) is 4.06. The van der Waals surface area contributed by atoms with Gasteiger partial charge < -0.3 is 9.80 Å². The Labute approximate surface area is 144 Å². The van der Waals surface area contributed by atoms with E-state index in [0.717, 1.165) is 30.6 Å². The van der Waals surface area contributed by atoms with Gasteiger partial charge in [-0.2, -0.15) is 0 Å². The summed E-state index contributed by atoms with van der Waals surface area (Å²) in [4.78, 5) is 34.1. The number of nitrogens with zero attached hydrogens (tertiary/aromatic N) is 3. The van der Waals surface area contributed by atoms with E-state index in [0.29, 0.717) is 13.1 Å². The van der Waals surface area contributed by atoms with E-state index in [9.17, 15) is 9.59 Å². The highest BCUT2D eigenvalue weighted by Crippen LogP contribution is 2.28. The van der Waals surface area contributed by atoms with Gasteiger partial charge in [0, 0.05) is 55.4 Å². The molecule has 0 aliphatic carbocycles. The van der Waals surface area contributed by atoms with Crippen molar-refractivity contribution < 1.29 is 9.59 Å². The molecule has 0 bridgehead atoms. The van der Waals surface area contributed by atoms with E-state index in [1.807, 2.05) is 17.2 Å². The molecule has 0 unspecified atom stereocenters. The molecule has 0 radical (unpaired) electrons. The van der Waals surface area contributed by atoms with Gasteiger partial charge in [0.15, 0.2) is 0 Å². The molecule has 4 heterocycles. The molecule has 4 rings (SSSR count).